The van der Waals surface area contributed by atoms with Crippen molar-refractivity contribution in [2.75, 3.05) is 0 Å². The number of aliphatic imine (C=N–C) groups is 1. The second-order valence-corrected chi connectivity index (χ2v) is 7.66. The summed E-state index contributed by atoms with van der Waals surface area (Å²) in [5.41, 5.74) is 10.4. The lowest BCUT2D eigenvalue weighted by Crippen LogP contribution is -2.00. The molecular formula is C26H34N2O2. The highest BCUT2D eigenvalue weighted by Crippen LogP contribution is 2.43. The number of amides is 1. The normalized spacial score (nSPS) is 15.2. The molecule has 1 heterocycles. The predicted molar refractivity (Wildman–Crippen MR) is 128 cm³/mol. The second kappa shape index (κ2) is 12.4. The fourth-order valence-electron chi connectivity index (χ4n) is 2.75. The molecule has 0 unspecified atom stereocenters. The van der Waals surface area contributed by atoms with E-state index in [2.05, 4.69) is 67.6 Å². The third kappa shape index (κ3) is 8.08. The lowest BCUT2D eigenvalue weighted by Gasteiger charge is -2.12. The maximum absolute atomic E-state index is 8.58. The zero-order chi connectivity index (χ0) is 22.6. The summed E-state index contributed by atoms with van der Waals surface area (Å²) < 4.78 is 5.43. The van der Waals surface area contributed by atoms with E-state index >= 15 is 0 Å². The Morgan fingerprint density at radius 2 is 1.70 bits per heavy atom. The van der Waals surface area contributed by atoms with Crippen LogP contribution in [-0.2, 0) is 4.79 Å². The average molecular weight is 407 g/mol. The Kier molecular flexibility index (Phi) is 10.3. The first-order chi connectivity index (χ1) is 14.3. The van der Waals surface area contributed by atoms with E-state index in [0.717, 1.165) is 39.2 Å². The van der Waals surface area contributed by atoms with Crippen molar-refractivity contribution in [3.05, 3.63) is 78.7 Å². The van der Waals surface area contributed by atoms with Crippen molar-refractivity contribution in [2.24, 2.45) is 16.1 Å². The fraction of sp³-hybridized carbons (Fsp3) is 0.308. The number of nitrogens with zero attached hydrogens (tertiary/aromatic N) is 1. The standard InChI is InChI=1S/C20H21NO.C5H10.CH3NO/c1-5-18(15(4)21-7-3)19(6-2)16-10-12-17(13-11-16)20-9-8-14-22-20;1-5(2)3-4-5;2-1-3/h5-14H,3H2,1-2,4H3;3-4H2,1-2H3;1H,(H2,2,3)/b18-5+,19-6-,21-15?;;. The third-order valence-electron chi connectivity index (χ3n) is 4.79. The molecule has 4 nitrogen and oxygen atoms in total. The van der Waals surface area contributed by atoms with Crippen LogP contribution in [0.1, 0.15) is 53.0 Å². The van der Waals surface area contributed by atoms with E-state index in [-0.39, 0.29) is 6.41 Å². The number of carbonyl (C=O) groups excluding carboxylic acids is 1. The molecule has 1 amide bonds. The van der Waals surface area contributed by atoms with Gasteiger partial charge in [-0.05, 0) is 67.9 Å². The number of allylic oxidation sites excluding steroid dienone is 4. The van der Waals surface area contributed by atoms with Gasteiger partial charge in [0.2, 0.25) is 6.41 Å². The van der Waals surface area contributed by atoms with Crippen molar-refractivity contribution in [3.8, 4) is 11.3 Å². The van der Waals surface area contributed by atoms with Gasteiger partial charge in [0.1, 0.15) is 5.76 Å². The number of furan rings is 1. The van der Waals surface area contributed by atoms with E-state index in [1.54, 1.807) is 12.5 Å². The van der Waals surface area contributed by atoms with Gasteiger partial charge in [-0.2, -0.15) is 0 Å². The largest absolute Gasteiger partial charge is 0.464 e. The Morgan fingerprint density at radius 1 is 1.13 bits per heavy atom. The maximum atomic E-state index is 8.58. The predicted octanol–water partition coefficient (Wildman–Crippen LogP) is 6.81. The Balaban J connectivity index is 0.000000472. The molecule has 1 fully saturated rings. The van der Waals surface area contributed by atoms with E-state index in [4.69, 9.17) is 9.21 Å². The molecule has 1 saturated carbocycles. The van der Waals surface area contributed by atoms with Gasteiger partial charge < -0.3 is 10.2 Å². The highest BCUT2D eigenvalue weighted by Gasteiger charge is 2.30. The molecular weight excluding hydrogens is 372 g/mol. The first-order valence-electron chi connectivity index (χ1n) is 10.1. The second-order valence-electron chi connectivity index (χ2n) is 7.66. The zero-order valence-electron chi connectivity index (χ0n) is 18.8. The first-order valence-corrected chi connectivity index (χ1v) is 10.1. The first kappa shape index (κ1) is 24.9. The van der Waals surface area contributed by atoms with E-state index in [0.29, 0.717) is 0 Å². The van der Waals surface area contributed by atoms with Crippen LogP contribution in [0.15, 0.2) is 82.6 Å². The molecule has 0 spiro atoms. The van der Waals surface area contributed by atoms with Crippen LogP contribution >= 0.6 is 0 Å². The number of benzene rings is 1. The number of rotatable bonds is 5. The minimum Gasteiger partial charge on any atom is -0.464 e. The fourth-order valence-corrected chi connectivity index (χ4v) is 2.75. The smallest absolute Gasteiger partial charge is 0.204 e. The summed E-state index contributed by atoms with van der Waals surface area (Å²) in [4.78, 5) is 12.9. The Bertz CT molecular complexity index is 878. The van der Waals surface area contributed by atoms with Crippen molar-refractivity contribution in [3.63, 3.8) is 0 Å². The van der Waals surface area contributed by atoms with E-state index in [1.807, 2.05) is 32.9 Å². The zero-order valence-corrected chi connectivity index (χ0v) is 18.8. The van der Waals surface area contributed by atoms with Crippen LogP contribution in [0.5, 0.6) is 0 Å². The molecule has 1 aliphatic rings. The van der Waals surface area contributed by atoms with Gasteiger partial charge in [-0.1, -0.05) is 56.8 Å². The summed E-state index contributed by atoms with van der Waals surface area (Å²) in [5.74, 6) is 0.879. The number of carbonyl (C=O) groups is 1. The van der Waals surface area contributed by atoms with Crippen LogP contribution in [0.25, 0.3) is 16.9 Å². The number of hydrogen-bond donors (Lipinski definition) is 1. The van der Waals surface area contributed by atoms with Crippen molar-refractivity contribution in [2.45, 2.75) is 47.5 Å². The van der Waals surface area contributed by atoms with Crippen molar-refractivity contribution in [1.82, 2.24) is 0 Å². The lowest BCUT2D eigenvalue weighted by molar-refractivity contribution is -0.106. The van der Waals surface area contributed by atoms with E-state index < -0.39 is 0 Å². The number of primary amides is 1. The maximum Gasteiger partial charge on any atom is 0.204 e. The minimum atomic E-state index is 0.250. The average Bonchev–Trinajstić information content (AvgIpc) is 3.20. The Hall–Kier alpha value is -3.14. The molecule has 1 aromatic heterocycles. The highest BCUT2D eigenvalue weighted by atomic mass is 16.3. The van der Waals surface area contributed by atoms with Crippen LogP contribution in [0.4, 0.5) is 0 Å². The van der Waals surface area contributed by atoms with Gasteiger partial charge in [0.25, 0.3) is 0 Å². The molecule has 30 heavy (non-hydrogen) atoms. The van der Waals surface area contributed by atoms with E-state index in [9.17, 15) is 0 Å². The summed E-state index contributed by atoms with van der Waals surface area (Å²) in [6, 6.07) is 12.2. The van der Waals surface area contributed by atoms with Crippen molar-refractivity contribution < 1.29 is 9.21 Å². The molecule has 0 saturated heterocycles. The van der Waals surface area contributed by atoms with Crippen molar-refractivity contribution >= 4 is 17.7 Å². The molecule has 3 rings (SSSR count). The van der Waals surface area contributed by atoms with Gasteiger partial charge in [-0.3, -0.25) is 9.79 Å². The van der Waals surface area contributed by atoms with Crippen LogP contribution in [0.3, 0.4) is 0 Å². The molecule has 0 radical (unpaired) electrons. The molecule has 1 aromatic carbocycles. The summed E-state index contributed by atoms with van der Waals surface area (Å²) in [6.45, 7) is 14.3. The van der Waals surface area contributed by atoms with Crippen LogP contribution in [-0.4, -0.2) is 12.1 Å². The van der Waals surface area contributed by atoms with Gasteiger partial charge >= 0.3 is 0 Å². The summed E-state index contributed by atoms with van der Waals surface area (Å²) >= 11 is 0. The summed E-state index contributed by atoms with van der Waals surface area (Å²) in [5, 5.41) is 0. The van der Waals surface area contributed by atoms with Crippen LogP contribution in [0, 0.1) is 5.41 Å². The Labute approximate surface area is 180 Å². The molecule has 2 N–H and O–H groups in total. The van der Waals surface area contributed by atoms with Gasteiger partial charge in [-0.15, -0.1) is 0 Å². The van der Waals surface area contributed by atoms with Crippen molar-refractivity contribution in [1.29, 1.82) is 0 Å². The molecule has 2 aromatic rings. The molecule has 0 bridgehead atoms. The minimum absolute atomic E-state index is 0.250. The highest BCUT2D eigenvalue weighted by molar-refractivity contribution is 6.12. The van der Waals surface area contributed by atoms with Gasteiger partial charge in [-0.25, -0.2) is 0 Å². The van der Waals surface area contributed by atoms with Crippen LogP contribution in [0.2, 0.25) is 0 Å². The topological polar surface area (TPSA) is 68.6 Å². The van der Waals surface area contributed by atoms with E-state index in [1.165, 1.54) is 12.8 Å². The number of hydrogen-bond acceptors (Lipinski definition) is 3. The Morgan fingerprint density at radius 3 is 2.07 bits per heavy atom. The quantitative estimate of drug-likeness (QED) is 0.337. The third-order valence-corrected chi connectivity index (χ3v) is 4.79. The van der Waals surface area contributed by atoms with Crippen LogP contribution < -0.4 is 5.73 Å². The van der Waals surface area contributed by atoms with Gasteiger partial charge in [0.05, 0.1) is 6.26 Å². The molecule has 0 aliphatic heterocycles. The SMILES string of the molecule is C=CN=C(C)C(=C\C)/C(=C\C)c1ccc(-c2ccco2)cc1.CC1(C)CC1.NC=O. The summed E-state index contributed by atoms with van der Waals surface area (Å²) in [7, 11) is 0. The molecule has 0 atom stereocenters. The number of nitrogens with two attached hydrogens (primary N) is 1. The summed E-state index contributed by atoms with van der Waals surface area (Å²) in [6.07, 6.45) is 10.6. The monoisotopic (exact) mass is 406 g/mol. The lowest BCUT2D eigenvalue weighted by atomic mass is 9.93. The molecule has 160 valence electrons. The van der Waals surface area contributed by atoms with Gasteiger partial charge in [0.15, 0.2) is 0 Å². The van der Waals surface area contributed by atoms with Gasteiger partial charge in [0, 0.05) is 17.5 Å². The molecule has 4 heteroatoms. The molecule has 1 aliphatic carbocycles.